The van der Waals surface area contributed by atoms with E-state index in [2.05, 4.69) is 6.92 Å². The van der Waals surface area contributed by atoms with E-state index in [1.165, 1.54) is 71.1 Å². The Morgan fingerprint density at radius 1 is 0.917 bits per heavy atom. The lowest BCUT2D eigenvalue weighted by atomic mass is 10.1. The minimum atomic E-state index is -2.17. The lowest BCUT2D eigenvalue weighted by molar-refractivity contribution is -1.23. The third-order valence-corrected chi connectivity index (χ3v) is 4.19. The second-order valence-electron chi connectivity index (χ2n) is 6.60. The molecule has 0 bridgehead atoms. The van der Waals surface area contributed by atoms with E-state index in [9.17, 15) is 10.0 Å². The molecule has 0 saturated carbocycles. The molecule has 6 nitrogen and oxygen atoms in total. The number of nitrogens with two attached hydrogens (primary N) is 1. The van der Waals surface area contributed by atoms with E-state index in [0.717, 1.165) is 6.42 Å². The number of rotatable bonds is 14. The van der Waals surface area contributed by atoms with Crippen molar-refractivity contribution in [1.29, 1.82) is 0 Å². The van der Waals surface area contributed by atoms with E-state index in [-0.39, 0.29) is 5.91 Å². The maximum atomic E-state index is 10.5. The van der Waals surface area contributed by atoms with Gasteiger partial charge in [0, 0.05) is 12.8 Å². The molecule has 0 aromatic rings. The summed E-state index contributed by atoms with van der Waals surface area (Å²) in [6.45, 7) is 5.43. The number of carbonyl (C=O) groups is 1. The van der Waals surface area contributed by atoms with E-state index >= 15 is 0 Å². The van der Waals surface area contributed by atoms with Gasteiger partial charge < -0.3 is 10.9 Å². The average Bonchev–Trinajstić information content (AvgIpc) is 2.51. The molecule has 0 aromatic carbocycles. The summed E-state index contributed by atoms with van der Waals surface area (Å²) in [7, 11) is 0. The molecule has 1 amide bonds. The smallest absolute Gasteiger partial charge is 0.217 e. The number of unbranched alkanes of at least 4 members (excludes halogenated alkanes) is 10. The Hall–Kier alpha value is -0.690. The number of hydroxylamine groups is 3. The van der Waals surface area contributed by atoms with Crippen molar-refractivity contribution in [3.63, 3.8) is 0 Å². The fraction of sp³-hybridized carbons (Fsp3) is 0.944. The first kappa shape index (κ1) is 25.5. The largest absolute Gasteiger partial charge is 0.564 e. The second-order valence-corrected chi connectivity index (χ2v) is 6.60. The highest BCUT2D eigenvalue weighted by atomic mass is 17.1. The summed E-state index contributed by atoms with van der Waals surface area (Å²) >= 11 is 0. The minimum Gasteiger partial charge on any atom is -0.564 e. The van der Waals surface area contributed by atoms with Crippen molar-refractivity contribution in [3.05, 3.63) is 5.21 Å². The third kappa shape index (κ3) is 21.3. The molecular weight excluding hydrogens is 308 g/mol. The van der Waals surface area contributed by atoms with Gasteiger partial charge in [0.05, 0.1) is 0 Å². The molecule has 0 aliphatic carbocycles. The molecule has 0 saturated heterocycles. The van der Waals surface area contributed by atoms with E-state index in [0.29, 0.717) is 12.8 Å². The Balaban J connectivity index is 0. The van der Waals surface area contributed by atoms with Gasteiger partial charge >= 0.3 is 0 Å². The monoisotopic (exact) mass is 348 g/mol. The van der Waals surface area contributed by atoms with Crippen molar-refractivity contribution in [3.8, 4) is 0 Å². The zero-order valence-electron chi connectivity index (χ0n) is 16.0. The molecule has 0 rings (SSSR count). The maximum Gasteiger partial charge on any atom is 0.217 e. The van der Waals surface area contributed by atoms with Gasteiger partial charge in [-0.25, -0.2) is 0 Å². The van der Waals surface area contributed by atoms with Gasteiger partial charge in [0.25, 0.3) is 0 Å². The van der Waals surface area contributed by atoms with E-state index < -0.39 is 11.0 Å². The van der Waals surface area contributed by atoms with Crippen LogP contribution in [0.2, 0.25) is 0 Å². The molecule has 0 spiro atoms. The van der Waals surface area contributed by atoms with Gasteiger partial charge in [-0.2, -0.15) is 10.4 Å². The first-order valence-corrected chi connectivity index (χ1v) is 9.59. The number of amides is 1. The normalized spacial score (nSPS) is 12.4. The zero-order valence-corrected chi connectivity index (χ0v) is 16.0. The van der Waals surface area contributed by atoms with Gasteiger partial charge in [-0.05, 0) is 13.3 Å². The molecule has 4 N–H and O–H groups in total. The molecule has 0 heterocycles. The Bertz CT molecular complexity index is 281. The van der Waals surface area contributed by atoms with Gasteiger partial charge in [0.15, 0.2) is 0 Å². The van der Waals surface area contributed by atoms with Gasteiger partial charge in [0.1, 0.15) is 6.04 Å². The molecule has 0 fully saturated rings. The van der Waals surface area contributed by atoms with Gasteiger partial charge in [-0.3, -0.25) is 4.79 Å². The molecular formula is C18H40N2O4. The number of carbonyl (C=O) groups excluding carboxylic acids is 1. The van der Waals surface area contributed by atoms with E-state index in [1.54, 1.807) is 6.92 Å². The van der Waals surface area contributed by atoms with Crippen molar-refractivity contribution in [1.82, 2.24) is 0 Å². The fourth-order valence-corrected chi connectivity index (χ4v) is 2.20. The standard InChI is InChI=1S/C14H29NO.C4H11NO3/c1-2-3-4-5-6-7-8-9-10-11-12-13-14(15)16;1-3-4(2)5(6,7)8/h2-13H2,1H3,(H2,15,16);4,6-7H,3H2,1-2H3. The molecule has 0 aliphatic rings. The fourth-order valence-electron chi connectivity index (χ4n) is 2.20. The number of quaternary nitrogens is 1. The Kier molecular flexibility index (Phi) is 18.2. The summed E-state index contributed by atoms with van der Waals surface area (Å²) in [4.78, 5) is 8.31. The highest BCUT2D eigenvalue weighted by Crippen LogP contribution is 2.11. The number of hydrogen-bond donors (Lipinski definition) is 3. The summed E-state index contributed by atoms with van der Waals surface area (Å²) in [5.41, 5.74) is 5.07. The first-order valence-electron chi connectivity index (χ1n) is 9.59. The topological polar surface area (TPSA) is 107 Å². The van der Waals surface area contributed by atoms with Crippen LogP contribution in [0.4, 0.5) is 0 Å². The predicted molar refractivity (Wildman–Crippen MR) is 97.2 cm³/mol. The summed E-state index contributed by atoms with van der Waals surface area (Å²) < 4.78 is 0. The SMILES string of the molecule is CCC(C)[N+]([O-])(O)O.CCCCCCCCCCCCCC(N)=O. The average molecular weight is 349 g/mol. The highest BCUT2D eigenvalue weighted by molar-refractivity contribution is 5.73. The summed E-state index contributed by atoms with van der Waals surface area (Å²) in [6, 6.07) is -0.657. The van der Waals surface area contributed by atoms with Gasteiger partial charge in [-0.15, -0.1) is 0 Å². The van der Waals surface area contributed by atoms with Crippen LogP contribution in [0.1, 0.15) is 104 Å². The Morgan fingerprint density at radius 2 is 1.29 bits per heavy atom. The molecule has 0 aliphatic heterocycles. The zero-order chi connectivity index (χ0) is 18.8. The highest BCUT2D eigenvalue weighted by Gasteiger charge is 2.17. The molecule has 0 radical (unpaired) electrons. The molecule has 24 heavy (non-hydrogen) atoms. The molecule has 1 unspecified atom stereocenters. The molecule has 1 atom stereocenters. The van der Waals surface area contributed by atoms with Crippen molar-refractivity contribution < 1.29 is 20.2 Å². The van der Waals surface area contributed by atoms with Crippen molar-refractivity contribution >= 4 is 5.91 Å². The maximum absolute atomic E-state index is 10.5. The van der Waals surface area contributed by atoms with Crippen LogP contribution in [-0.2, 0) is 4.79 Å². The van der Waals surface area contributed by atoms with Crippen LogP contribution in [0.3, 0.4) is 0 Å². The van der Waals surface area contributed by atoms with Gasteiger partial charge in [0.2, 0.25) is 5.91 Å². The van der Waals surface area contributed by atoms with Crippen LogP contribution in [0.15, 0.2) is 0 Å². The Morgan fingerprint density at radius 3 is 1.54 bits per heavy atom. The number of hydrogen-bond acceptors (Lipinski definition) is 4. The second kappa shape index (κ2) is 17.1. The minimum absolute atomic E-state index is 0.157. The predicted octanol–water partition coefficient (Wildman–Crippen LogP) is 5.05. The number of primary amides is 1. The lowest BCUT2D eigenvalue weighted by Crippen LogP contribution is -2.42. The van der Waals surface area contributed by atoms with Gasteiger partial charge in [-0.1, -0.05) is 83.0 Å². The van der Waals surface area contributed by atoms with Crippen molar-refractivity contribution in [2.24, 2.45) is 5.73 Å². The molecule has 6 heteroatoms. The van der Waals surface area contributed by atoms with Crippen LogP contribution >= 0.6 is 0 Å². The Labute approximate surface area is 148 Å². The molecule has 146 valence electrons. The number of nitrogens with zero attached hydrogens (tertiary/aromatic N) is 1. The van der Waals surface area contributed by atoms with Crippen LogP contribution in [0.5, 0.6) is 0 Å². The van der Waals surface area contributed by atoms with Crippen molar-refractivity contribution in [2.45, 2.75) is 110 Å². The molecule has 0 aromatic heterocycles. The first-order chi connectivity index (χ1) is 11.3. The third-order valence-electron chi connectivity index (χ3n) is 4.19. The summed E-state index contributed by atoms with van der Waals surface area (Å²) in [6.07, 6.45) is 15.5. The van der Waals surface area contributed by atoms with Crippen LogP contribution in [0, 0.1) is 5.21 Å². The van der Waals surface area contributed by atoms with Crippen LogP contribution in [-0.4, -0.2) is 27.3 Å². The quantitative estimate of drug-likeness (QED) is 0.232. The van der Waals surface area contributed by atoms with E-state index in [1.807, 2.05) is 0 Å². The van der Waals surface area contributed by atoms with E-state index in [4.69, 9.17) is 16.1 Å². The van der Waals surface area contributed by atoms with Crippen LogP contribution < -0.4 is 5.73 Å². The van der Waals surface area contributed by atoms with Crippen LogP contribution in [0.25, 0.3) is 0 Å². The van der Waals surface area contributed by atoms with Crippen molar-refractivity contribution in [2.75, 3.05) is 0 Å². The lowest BCUT2D eigenvalue weighted by Gasteiger charge is -2.29. The summed E-state index contributed by atoms with van der Waals surface area (Å²) in [5, 5.41) is 26.5. The summed E-state index contributed by atoms with van der Waals surface area (Å²) in [5.74, 6) is -0.157.